The van der Waals surface area contributed by atoms with Gasteiger partial charge in [0.25, 0.3) is 0 Å². The topological polar surface area (TPSA) is 46.2 Å². The molecule has 0 aromatic carbocycles. The smallest absolute Gasteiger partial charge is 0.0616 e. The molecule has 0 amide bonds. The van der Waals surface area contributed by atoms with Crippen LogP contribution in [0.4, 0.5) is 0 Å². The van der Waals surface area contributed by atoms with Crippen molar-refractivity contribution in [2.24, 2.45) is 11.1 Å². The van der Waals surface area contributed by atoms with E-state index in [0.29, 0.717) is 6.54 Å². The van der Waals surface area contributed by atoms with Gasteiger partial charge in [0, 0.05) is 12.0 Å². The molecule has 0 aliphatic heterocycles. The highest BCUT2D eigenvalue weighted by atomic mass is 32.2. The third-order valence-corrected chi connectivity index (χ3v) is 4.70. The summed E-state index contributed by atoms with van der Waals surface area (Å²) in [7, 11) is 0. The predicted molar refractivity (Wildman–Crippen MR) is 72.8 cm³/mol. The minimum atomic E-state index is -0.192. The van der Waals surface area contributed by atoms with E-state index in [-0.39, 0.29) is 11.5 Å². The Hall–Kier alpha value is 0.270. The summed E-state index contributed by atoms with van der Waals surface area (Å²) in [5.41, 5.74) is 5.99. The fourth-order valence-corrected chi connectivity index (χ4v) is 3.28. The second-order valence-electron chi connectivity index (χ2n) is 5.13. The van der Waals surface area contributed by atoms with E-state index in [9.17, 15) is 5.11 Å². The first-order valence-electron chi connectivity index (χ1n) is 6.62. The van der Waals surface area contributed by atoms with Crippen molar-refractivity contribution in [3.05, 3.63) is 0 Å². The Kier molecular flexibility index (Phi) is 6.78. The maximum atomic E-state index is 10.4. The van der Waals surface area contributed by atoms with Gasteiger partial charge in [-0.05, 0) is 31.3 Å². The van der Waals surface area contributed by atoms with Gasteiger partial charge in [-0.3, -0.25) is 0 Å². The Balaban J connectivity index is 2.56. The maximum absolute atomic E-state index is 10.4. The van der Waals surface area contributed by atoms with Crippen LogP contribution in [0.5, 0.6) is 0 Å². The number of hydrogen-bond acceptors (Lipinski definition) is 3. The average Bonchev–Trinajstić information content (AvgIpc) is 2.26. The molecule has 1 fully saturated rings. The molecule has 96 valence electrons. The lowest BCUT2D eigenvalue weighted by Gasteiger charge is -2.38. The minimum Gasteiger partial charge on any atom is -0.392 e. The largest absolute Gasteiger partial charge is 0.392 e. The summed E-state index contributed by atoms with van der Waals surface area (Å²) in [6.45, 7) is 0.655. The molecule has 3 N–H and O–H groups in total. The van der Waals surface area contributed by atoms with Crippen LogP contribution in [0.3, 0.4) is 0 Å². The second kappa shape index (κ2) is 7.57. The molecule has 2 nitrogen and oxygen atoms in total. The molecule has 1 aliphatic rings. The SMILES string of the molecule is CSCCC(O)C1(CN)CCCCCCC1. The fourth-order valence-electron chi connectivity index (χ4n) is 2.82. The average molecular weight is 245 g/mol. The van der Waals surface area contributed by atoms with Crippen LogP contribution in [0, 0.1) is 5.41 Å². The highest BCUT2D eigenvalue weighted by Gasteiger charge is 2.35. The molecule has 1 rings (SSSR count). The van der Waals surface area contributed by atoms with E-state index in [1.165, 1.54) is 32.1 Å². The number of thioether (sulfide) groups is 1. The van der Waals surface area contributed by atoms with E-state index in [4.69, 9.17) is 5.73 Å². The van der Waals surface area contributed by atoms with Crippen LogP contribution >= 0.6 is 11.8 Å². The molecule has 0 saturated heterocycles. The van der Waals surface area contributed by atoms with Gasteiger partial charge in [0.2, 0.25) is 0 Å². The molecule has 0 aromatic heterocycles. The van der Waals surface area contributed by atoms with E-state index in [2.05, 4.69) is 6.26 Å². The molecule has 0 heterocycles. The fraction of sp³-hybridized carbons (Fsp3) is 1.00. The van der Waals surface area contributed by atoms with Crippen LogP contribution < -0.4 is 5.73 Å². The van der Waals surface area contributed by atoms with Crippen molar-refractivity contribution in [1.82, 2.24) is 0 Å². The van der Waals surface area contributed by atoms with E-state index in [1.54, 1.807) is 0 Å². The van der Waals surface area contributed by atoms with Crippen molar-refractivity contribution in [3.8, 4) is 0 Å². The van der Waals surface area contributed by atoms with E-state index in [0.717, 1.165) is 25.0 Å². The Morgan fingerprint density at radius 3 is 2.25 bits per heavy atom. The summed E-state index contributed by atoms with van der Waals surface area (Å²) < 4.78 is 0. The van der Waals surface area contributed by atoms with Crippen LogP contribution in [0.2, 0.25) is 0 Å². The first kappa shape index (κ1) is 14.3. The number of nitrogens with two attached hydrogens (primary N) is 1. The van der Waals surface area contributed by atoms with Gasteiger partial charge in [0.05, 0.1) is 6.10 Å². The van der Waals surface area contributed by atoms with E-state index < -0.39 is 0 Å². The molecule has 1 unspecified atom stereocenters. The maximum Gasteiger partial charge on any atom is 0.0616 e. The summed E-state index contributed by atoms with van der Waals surface area (Å²) in [5.74, 6) is 1.04. The van der Waals surface area contributed by atoms with Crippen molar-refractivity contribution in [1.29, 1.82) is 0 Å². The van der Waals surface area contributed by atoms with Gasteiger partial charge < -0.3 is 10.8 Å². The van der Waals surface area contributed by atoms with Gasteiger partial charge in [-0.2, -0.15) is 11.8 Å². The molecule has 0 radical (unpaired) electrons. The number of hydrogen-bond donors (Lipinski definition) is 2. The zero-order valence-electron chi connectivity index (χ0n) is 10.6. The predicted octanol–water partition coefficient (Wildman–Crippen LogP) is 2.79. The Morgan fingerprint density at radius 1 is 1.19 bits per heavy atom. The zero-order chi connectivity index (χ0) is 11.9. The van der Waals surface area contributed by atoms with E-state index >= 15 is 0 Å². The van der Waals surface area contributed by atoms with Crippen LogP contribution in [0.1, 0.15) is 51.4 Å². The highest BCUT2D eigenvalue weighted by molar-refractivity contribution is 7.98. The number of aliphatic hydroxyl groups excluding tert-OH is 1. The van der Waals surface area contributed by atoms with Crippen LogP contribution in [0.15, 0.2) is 0 Å². The number of aliphatic hydroxyl groups is 1. The molecule has 1 aliphatic carbocycles. The van der Waals surface area contributed by atoms with Gasteiger partial charge in [-0.1, -0.05) is 32.1 Å². The summed E-state index contributed by atoms with van der Waals surface area (Å²) in [4.78, 5) is 0. The quantitative estimate of drug-likeness (QED) is 0.783. The van der Waals surface area contributed by atoms with Crippen LogP contribution in [-0.4, -0.2) is 29.8 Å². The van der Waals surface area contributed by atoms with E-state index in [1.807, 2.05) is 11.8 Å². The molecule has 16 heavy (non-hydrogen) atoms. The second-order valence-corrected chi connectivity index (χ2v) is 6.12. The molecule has 0 bridgehead atoms. The highest BCUT2D eigenvalue weighted by Crippen LogP contribution is 2.37. The van der Waals surface area contributed by atoms with Crippen molar-refractivity contribution < 1.29 is 5.11 Å². The van der Waals surface area contributed by atoms with Crippen molar-refractivity contribution in [2.75, 3.05) is 18.6 Å². The van der Waals surface area contributed by atoms with Crippen molar-refractivity contribution >= 4 is 11.8 Å². The van der Waals surface area contributed by atoms with Gasteiger partial charge >= 0.3 is 0 Å². The van der Waals surface area contributed by atoms with Crippen molar-refractivity contribution in [3.63, 3.8) is 0 Å². The molecule has 1 atom stereocenters. The van der Waals surface area contributed by atoms with Crippen LogP contribution in [0.25, 0.3) is 0 Å². The third-order valence-electron chi connectivity index (χ3n) is 4.06. The van der Waals surface area contributed by atoms with Gasteiger partial charge in [-0.15, -0.1) is 0 Å². The Morgan fingerprint density at radius 2 is 1.75 bits per heavy atom. The summed E-state index contributed by atoms with van der Waals surface area (Å²) >= 11 is 1.81. The lowest BCUT2D eigenvalue weighted by Crippen LogP contribution is -2.42. The first-order chi connectivity index (χ1) is 7.75. The van der Waals surface area contributed by atoms with Gasteiger partial charge in [0.1, 0.15) is 0 Å². The summed E-state index contributed by atoms with van der Waals surface area (Å²) in [5, 5.41) is 10.4. The molecular formula is C13H27NOS. The third kappa shape index (κ3) is 3.94. The monoisotopic (exact) mass is 245 g/mol. The lowest BCUT2D eigenvalue weighted by molar-refractivity contribution is 0.00871. The molecular weight excluding hydrogens is 218 g/mol. The zero-order valence-corrected chi connectivity index (χ0v) is 11.4. The summed E-state index contributed by atoms with van der Waals surface area (Å²) in [6.07, 6.45) is 11.5. The standard InChI is InChI=1S/C13H27NOS/c1-16-10-7-12(15)13(11-14)8-5-3-2-4-6-9-13/h12,15H,2-11,14H2,1H3. The first-order valence-corrected chi connectivity index (χ1v) is 8.01. The van der Waals surface area contributed by atoms with Crippen LogP contribution in [-0.2, 0) is 0 Å². The Labute approximate surface area is 104 Å². The number of rotatable bonds is 5. The van der Waals surface area contributed by atoms with Crippen molar-refractivity contribution in [2.45, 2.75) is 57.5 Å². The molecule has 0 aromatic rings. The van der Waals surface area contributed by atoms with Gasteiger partial charge in [0.15, 0.2) is 0 Å². The molecule has 0 spiro atoms. The summed E-state index contributed by atoms with van der Waals surface area (Å²) in [6, 6.07) is 0. The lowest BCUT2D eigenvalue weighted by atomic mass is 9.71. The Bertz CT molecular complexity index is 179. The molecule has 1 saturated carbocycles. The molecule has 3 heteroatoms. The minimum absolute atomic E-state index is 0.0240. The van der Waals surface area contributed by atoms with Gasteiger partial charge in [-0.25, -0.2) is 0 Å². The normalized spacial score (nSPS) is 23.4.